The van der Waals surface area contributed by atoms with E-state index in [-0.39, 0.29) is 17.9 Å². The zero-order valence-electron chi connectivity index (χ0n) is 18.3. The molecule has 0 saturated carbocycles. The molecule has 0 unspecified atom stereocenters. The van der Waals surface area contributed by atoms with Gasteiger partial charge in [-0.1, -0.05) is 42.5 Å². The van der Waals surface area contributed by atoms with Gasteiger partial charge < -0.3 is 24.7 Å². The molecular formula is C26H25N3O4. The fraction of sp³-hybridized carbons (Fsp3) is 0.308. The van der Waals surface area contributed by atoms with Crippen molar-refractivity contribution in [2.24, 2.45) is 11.8 Å². The number of nitrogens with one attached hydrogen (secondary N) is 2. The van der Waals surface area contributed by atoms with Crippen LogP contribution in [0.15, 0.2) is 66.9 Å². The normalized spacial score (nSPS) is 27.4. The number of rotatable bonds is 6. The molecule has 2 saturated heterocycles. The number of amides is 2. The summed E-state index contributed by atoms with van der Waals surface area (Å²) >= 11 is 0. The minimum Gasteiger partial charge on any atom is -0.495 e. The van der Waals surface area contributed by atoms with Crippen molar-refractivity contribution in [2.45, 2.75) is 18.1 Å². The second-order valence-corrected chi connectivity index (χ2v) is 8.90. The first-order valence-corrected chi connectivity index (χ1v) is 11.3. The monoisotopic (exact) mass is 443 g/mol. The van der Waals surface area contributed by atoms with Gasteiger partial charge in [-0.3, -0.25) is 9.59 Å². The summed E-state index contributed by atoms with van der Waals surface area (Å²) in [6.07, 6.45) is 6.22. The van der Waals surface area contributed by atoms with Crippen molar-refractivity contribution in [2.75, 3.05) is 25.1 Å². The van der Waals surface area contributed by atoms with E-state index in [1.54, 1.807) is 12.0 Å². The predicted molar refractivity (Wildman–Crippen MR) is 124 cm³/mol. The molecule has 0 aliphatic carbocycles. The summed E-state index contributed by atoms with van der Waals surface area (Å²) < 4.78 is 11.7. The minimum absolute atomic E-state index is 0.0943. The lowest BCUT2D eigenvalue weighted by molar-refractivity contribution is -0.131. The van der Waals surface area contributed by atoms with E-state index in [1.807, 2.05) is 60.8 Å². The molecule has 2 aromatic carbocycles. The first-order chi connectivity index (χ1) is 16.1. The van der Waals surface area contributed by atoms with Gasteiger partial charge in [-0.15, -0.1) is 0 Å². The average Bonchev–Trinajstić information content (AvgIpc) is 3.59. The molecule has 1 aromatic heterocycles. The highest BCUT2D eigenvalue weighted by atomic mass is 16.5. The van der Waals surface area contributed by atoms with Crippen LogP contribution in [0.5, 0.6) is 5.75 Å². The maximum Gasteiger partial charge on any atom is 0.234 e. The second-order valence-electron chi connectivity index (χ2n) is 8.90. The molecule has 4 heterocycles. The van der Waals surface area contributed by atoms with E-state index < -0.39 is 17.4 Å². The van der Waals surface area contributed by atoms with Crippen molar-refractivity contribution in [1.82, 2.24) is 10.3 Å². The molecule has 2 fully saturated rings. The van der Waals surface area contributed by atoms with Crippen molar-refractivity contribution < 1.29 is 19.1 Å². The fourth-order valence-electron chi connectivity index (χ4n) is 5.63. The standard InChI is InChI=1S/C26H25N3O4/c1-32-20-9-5-4-8-19(20)29-15-26-12-10-21(33-26)22(23(26)25(29)31)24(30)27-13-11-16-14-28-18-7-3-2-6-17(16)18/h2-10,12,14,21-23,28H,11,13,15H2,1H3,(H,27,30)/t21-,22+,23-,26-/m0/s1. The number of ether oxygens (including phenoxy) is 2. The molecule has 2 N–H and O–H groups in total. The van der Waals surface area contributed by atoms with Gasteiger partial charge in [0.25, 0.3) is 0 Å². The average molecular weight is 444 g/mol. The van der Waals surface area contributed by atoms with Gasteiger partial charge in [0, 0.05) is 23.6 Å². The van der Waals surface area contributed by atoms with Crippen molar-refractivity contribution in [3.05, 3.63) is 72.4 Å². The van der Waals surface area contributed by atoms with Crippen LogP contribution in [0.4, 0.5) is 5.69 Å². The number of hydrogen-bond donors (Lipinski definition) is 2. The van der Waals surface area contributed by atoms with E-state index in [4.69, 9.17) is 9.47 Å². The SMILES string of the molecule is COc1ccccc1N1C[C@]23C=C[C@H](O2)[C@@H](C(=O)NCCc2c[nH]c4ccccc24)[C@H]3C1=O. The van der Waals surface area contributed by atoms with Crippen LogP contribution in [-0.2, 0) is 20.7 Å². The number of carbonyl (C=O) groups excluding carboxylic acids is 2. The smallest absolute Gasteiger partial charge is 0.234 e. The topological polar surface area (TPSA) is 83.7 Å². The number of benzene rings is 2. The lowest BCUT2D eigenvalue weighted by atomic mass is 9.77. The van der Waals surface area contributed by atoms with Crippen LogP contribution in [-0.4, -0.2) is 48.7 Å². The van der Waals surface area contributed by atoms with Crippen molar-refractivity contribution in [3.8, 4) is 5.75 Å². The van der Waals surface area contributed by atoms with E-state index in [0.717, 1.165) is 16.5 Å². The van der Waals surface area contributed by atoms with E-state index in [1.165, 1.54) is 0 Å². The number of fused-ring (bicyclic) bond motifs is 2. The second kappa shape index (κ2) is 7.49. The molecule has 0 radical (unpaired) electrons. The highest BCUT2D eigenvalue weighted by Gasteiger charge is 2.67. The molecule has 3 aliphatic rings. The number of hydrogen-bond acceptors (Lipinski definition) is 4. The van der Waals surface area contributed by atoms with Gasteiger partial charge in [-0.2, -0.15) is 0 Å². The molecule has 2 amide bonds. The molecule has 7 nitrogen and oxygen atoms in total. The van der Waals surface area contributed by atoms with Crippen molar-refractivity contribution >= 4 is 28.4 Å². The quantitative estimate of drug-likeness (QED) is 0.574. The van der Waals surface area contributed by atoms with Crippen LogP contribution in [0.25, 0.3) is 10.9 Å². The van der Waals surface area contributed by atoms with Gasteiger partial charge in [0.1, 0.15) is 11.4 Å². The number of anilines is 1. The minimum atomic E-state index is -0.762. The van der Waals surface area contributed by atoms with E-state index in [0.29, 0.717) is 30.9 Å². The summed E-state index contributed by atoms with van der Waals surface area (Å²) in [4.78, 5) is 31.7. The van der Waals surface area contributed by atoms with Crippen molar-refractivity contribution in [1.29, 1.82) is 0 Å². The van der Waals surface area contributed by atoms with Crippen LogP contribution < -0.4 is 15.0 Å². The first kappa shape index (κ1) is 20.1. The van der Waals surface area contributed by atoms with Crippen LogP contribution >= 0.6 is 0 Å². The summed E-state index contributed by atoms with van der Waals surface area (Å²) in [6.45, 7) is 0.876. The molecule has 7 heteroatoms. The Hall–Kier alpha value is -3.58. The summed E-state index contributed by atoms with van der Waals surface area (Å²) in [5.41, 5.74) is 2.18. The molecule has 3 aliphatic heterocycles. The molecule has 2 bridgehead atoms. The van der Waals surface area contributed by atoms with Crippen molar-refractivity contribution in [3.63, 3.8) is 0 Å². The highest BCUT2D eigenvalue weighted by molar-refractivity contribution is 6.04. The lowest BCUT2D eigenvalue weighted by Gasteiger charge is -2.23. The molecule has 33 heavy (non-hydrogen) atoms. The molecule has 1 spiro atoms. The van der Waals surface area contributed by atoms with Crippen LogP contribution in [0.2, 0.25) is 0 Å². The molecule has 4 atom stereocenters. The number of aromatic nitrogens is 1. The van der Waals surface area contributed by atoms with Gasteiger partial charge in [0.15, 0.2) is 0 Å². The first-order valence-electron chi connectivity index (χ1n) is 11.3. The van der Waals surface area contributed by atoms with Gasteiger partial charge in [0.05, 0.1) is 37.3 Å². The molecule has 3 aromatic rings. The zero-order chi connectivity index (χ0) is 22.6. The van der Waals surface area contributed by atoms with Crippen LogP contribution in [0.3, 0.4) is 0 Å². The Morgan fingerprint density at radius 3 is 2.94 bits per heavy atom. The molecule has 6 rings (SSSR count). The lowest BCUT2D eigenvalue weighted by Crippen LogP contribution is -2.44. The Bertz CT molecular complexity index is 1280. The third-order valence-electron chi connectivity index (χ3n) is 7.15. The third kappa shape index (κ3) is 2.99. The molecule has 168 valence electrons. The number of H-pyrrole nitrogens is 1. The number of methoxy groups -OCH3 is 1. The Morgan fingerprint density at radius 1 is 1.24 bits per heavy atom. The zero-order valence-corrected chi connectivity index (χ0v) is 18.3. The summed E-state index contributed by atoms with van der Waals surface area (Å²) in [7, 11) is 1.59. The van der Waals surface area contributed by atoms with E-state index >= 15 is 0 Å². The number of aromatic amines is 1. The van der Waals surface area contributed by atoms with Gasteiger partial charge in [0.2, 0.25) is 11.8 Å². The summed E-state index contributed by atoms with van der Waals surface area (Å²) in [5.74, 6) is -0.675. The largest absolute Gasteiger partial charge is 0.495 e. The summed E-state index contributed by atoms with van der Waals surface area (Å²) in [5, 5.41) is 4.22. The predicted octanol–water partition coefficient (Wildman–Crippen LogP) is 2.82. The van der Waals surface area contributed by atoms with E-state index in [9.17, 15) is 9.59 Å². The van der Waals surface area contributed by atoms with E-state index in [2.05, 4.69) is 16.4 Å². The Morgan fingerprint density at radius 2 is 2.06 bits per heavy atom. The van der Waals surface area contributed by atoms with Gasteiger partial charge >= 0.3 is 0 Å². The van der Waals surface area contributed by atoms with Crippen LogP contribution in [0, 0.1) is 11.8 Å². The van der Waals surface area contributed by atoms with Crippen LogP contribution in [0.1, 0.15) is 5.56 Å². The maximum atomic E-state index is 13.5. The van der Waals surface area contributed by atoms with Gasteiger partial charge in [-0.25, -0.2) is 0 Å². The number of para-hydroxylation sites is 3. The number of nitrogens with zero attached hydrogens (tertiary/aromatic N) is 1. The number of carbonyl (C=O) groups is 2. The maximum absolute atomic E-state index is 13.5. The Balaban J connectivity index is 1.19. The molecular weight excluding hydrogens is 418 g/mol. The fourth-order valence-corrected chi connectivity index (χ4v) is 5.63. The highest BCUT2D eigenvalue weighted by Crippen LogP contribution is 2.53. The summed E-state index contributed by atoms with van der Waals surface area (Å²) in [6, 6.07) is 15.6. The Labute approximate surface area is 191 Å². The Kier molecular flexibility index (Phi) is 4.55. The van der Waals surface area contributed by atoms with Gasteiger partial charge in [-0.05, 0) is 30.2 Å². The third-order valence-corrected chi connectivity index (χ3v) is 7.15.